The van der Waals surface area contributed by atoms with Crippen LogP contribution in [-0.4, -0.2) is 36.1 Å². The lowest BCUT2D eigenvalue weighted by molar-refractivity contribution is -0.138. The third-order valence-electron chi connectivity index (χ3n) is 2.69. The SMILES string of the molecule is CCC(=O)N(NC)C([C]=O)C(=O)C=Cc1ccccc1. The molecule has 1 atom stereocenters. The fourth-order valence-electron chi connectivity index (χ4n) is 1.64. The number of benzene rings is 1. The largest absolute Gasteiger partial charge is 0.292 e. The lowest BCUT2D eigenvalue weighted by atomic mass is 10.1. The van der Waals surface area contributed by atoms with E-state index in [0.717, 1.165) is 10.6 Å². The Hall–Kier alpha value is -2.27. The summed E-state index contributed by atoms with van der Waals surface area (Å²) in [4.78, 5) is 34.6. The van der Waals surface area contributed by atoms with Gasteiger partial charge in [0, 0.05) is 13.5 Å². The summed E-state index contributed by atoms with van der Waals surface area (Å²) in [7, 11) is 1.48. The lowest BCUT2D eigenvalue weighted by Gasteiger charge is -2.24. The Labute approximate surface area is 118 Å². The van der Waals surface area contributed by atoms with Crippen molar-refractivity contribution in [3.8, 4) is 0 Å². The Morgan fingerprint density at radius 3 is 2.50 bits per heavy atom. The van der Waals surface area contributed by atoms with Gasteiger partial charge in [-0.15, -0.1) is 0 Å². The molecule has 1 unspecified atom stereocenters. The summed E-state index contributed by atoms with van der Waals surface area (Å²) in [6, 6.07) is 7.94. The number of hydrogen-bond donors (Lipinski definition) is 1. The first kappa shape index (κ1) is 15.8. The van der Waals surface area contributed by atoms with Crippen LogP contribution in [0.4, 0.5) is 0 Å². The van der Waals surface area contributed by atoms with Crippen molar-refractivity contribution >= 4 is 24.1 Å². The van der Waals surface area contributed by atoms with E-state index in [1.165, 1.54) is 13.1 Å². The molecular weight excluding hydrogens is 256 g/mol. The van der Waals surface area contributed by atoms with Crippen LogP contribution >= 0.6 is 0 Å². The zero-order valence-electron chi connectivity index (χ0n) is 11.5. The molecule has 1 aromatic carbocycles. The van der Waals surface area contributed by atoms with Crippen molar-refractivity contribution in [2.75, 3.05) is 7.05 Å². The van der Waals surface area contributed by atoms with Crippen molar-refractivity contribution in [1.82, 2.24) is 10.4 Å². The van der Waals surface area contributed by atoms with E-state index in [0.29, 0.717) is 0 Å². The smallest absolute Gasteiger partial charge is 0.237 e. The third-order valence-corrected chi connectivity index (χ3v) is 2.69. The number of hydrogen-bond acceptors (Lipinski definition) is 4. The molecule has 1 rings (SSSR count). The molecule has 20 heavy (non-hydrogen) atoms. The summed E-state index contributed by atoms with van der Waals surface area (Å²) in [6.45, 7) is 1.65. The molecule has 1 aromatic rings. The van der Waals surface area contributed by atoms with Crippen LogP contribution in [0.2, 0.25) is 0 Å². The second-order valence-electron chi connectivity index (χ2n) is 4.01. The minimum absolute atomic E-state index is 0.189. The van der Waals surface area contributed by atoms with Gasteiger partial charge in [-0.25, -0.2) is 5.43 Å². The zero-order chi connectivity index (χ0) is 15.0. The molecule has 105 valence electrons. The molecule has 0 spiro atoms. The zero-order valence-corrected chi connectivity index (χ0v) is 11.5. The van der Waals surface area contributed by atoms with Crippen LogP contribution in [0, 0.1) is 0 Å². The molecule has 0 bridgehead atoms. The Morgan fingerprint density at radius 1 is 1.35 bits per heavy atom. The van der Waals surface area contributed by atoms with Crippen molar-refractivity contribution in [3.63, 3.8) is 0 Å². The fourth-order valence-corrected chi connectivity index (χ4v) is 1.64. The molecule has 0 aliphatic rings. The van der Waals surface area contributed by atoms with Crippen molar-refractivity contribution in [2.24, 2.45) is 0 Å². The fraction of sp³-hybridized carbons (Fsp3) is 0.267. The van der Waals surface area contributed by atoms with Gasteiger partial charge in [-0.05, 0) is 11.6 Å². The minimum Gasteiger partial charge on any atom is -0.292 e. The topological polar surface area (TPSA) is 66.5 Å². The monoisotopic (exact) mass is 273 g/mol. The Bertz CT molecular complexity index is 497. The first-order valence-electron chi connectivity index (χ1n) is 6.28. The maximum absolute atomic E-state index is 12.0. The average molecular weight is 273 g/mol. The van der Waals surface area contributed by atoms with Crippen molar-refractivity contribution < 1.29 is 14.4 Å². The lowest BCUT2D eigenvalue weighted by Crippen LogP contribution is -2.51. The molecule has 0 saturated carbocycles. The molecule has 0 fully saturated rings. The van der Waals surface area contributed by atoms with Gasteiger partial charge < -0.3 is 0 Å². The molecular formula is C15H17N2O3. The van der Waals surface area contributed by atoms with Gasteiger partial charge in [0.2, 0.25) is 12.2 Å². The van der Waals surface area contributed by atoms with Crippen molar-refractivity contribution in [1.29, 1.82) is 0 Å². The number of nitrogens with one attached hydrogen (secondary N) is 1. The molecule has 0 aromatic heterocycles. The predicted molar refractivity (Wildman–Crippen MR) is 76.2 cm³/mol. The first-order chi connectivity index (χ1) is 9.63. The highest BCUT2D eigenvalue weighted by atomic mass is 16.2. The Kier molecular flexibility index (Phi) is 6.32. The summed E-state index contributed by atoms with van der Waals surface area (Å²) < 4.78 is 0. The summed E-state index contributed by atoms with van der Waals surface area (Å²) in [5.74, 6) is -0.845. The highest BCUT2D eigenvalue weighted by Gasteiger charge is 2.27. The van der Waals surface area contributed by atoms with Gasteiger partial charge in [0.1, 0.15) is 0 Å². The minimum atomic E-state index is -1.27. The molecule has 0 aliphatic heterocycles. The summed E-state index contributed by atoms with van der Waals surface area (Å²) in [5.41, 5.74) is 3.39. The molecule has 1 amide bonds. The van der Waals surface area contributed by atoms with Crippen molar-refractivity contribution in [2.45, 2.75) is 19.4 Å². The standard InChI is InChI=1S/C15H17N2O3/c1-3-15(20)17(16-2)13(11-18)14(19)10-9-12-7-5-4-6-8-12/h4-10,13,16H,3H2,1-2H3. The van der Waals surface area contributed by atoms with Crippen LogP contribution in [0.3, 0.4) is 0 Å². The van der Waals surface area contributed by atoms with Gasteiger partial charge in [0.15, 0.2) is 11.8 Å². The van der Waals surface area contributed by atoms with Crippen molar-refractivity contribution in [3.05, 3.63) is 42.0 Å². The van der Waals surface area contributed by atoms with Gasteiger partial charge >= 0.3 is 0 Å². The normalized spacial score (nSPS) is 12.1. The van der Waals surface area contributed by atoms with E-state index in [4.69, 9.17) is 0 Å². The summed E-state index contributed by atoms with van der Waals surface area (Å²) in [5, 5.41) is 0.991. The molecule has 0 aliphatic carbocycles. The maximum atomic E-state index is 12.0. The number of carbonyl (C=O) groups is 2. The predicted octanol–water partition coefficient (Wildman–Crippen LogP) is 1.12. The second-order valence-corrected chi connectivity index (χ2v) is 4.01. The number of carbonyl (C=O) groups excluding carboxylic acids is 3. The molecule has 0 heterocycles. The van der Waals surface area contributed by atoms with E-state index in [1.54, 1.807) is 19.3 Å². The molecule has 0 saturated heterocycles. The average Bonchev–Trinajstić information content (AvgIpc) is 2.50. The summed E-state index contributed by atoms with van der Waals surface area (Å²) >= 11 is 0. The Morgan fingerprint density at radius 2 is 2.00 bits per heavy atom. The van der Waals surface area contributed by atoms with E-state index in [9.17, 15) is 14.4 Å². The molecule has 1 radical (unpaired) electrons. The van der Waals surface area contributed by atoms with Gasteiger partial charge in [0.05, 0.1) is 0 Å². The summed E-state index contributed by atoms with van der Waals surface area (Å²) in [6.07, 6.45) is 4.66. The molecule has 5 heteroatoms. The maximum Gasteiger partial charge on any atom is 0.237 e. The van der Waals surface area contributed by atoms with E-state index in [-0.39, 0.29) is 12.3 Å². The quantitative estimate of drug-likeness (QED) is 0.459. The molecule has 1 N–H and O–H groups in total. The number of ketones is 1. The third kappa shape index (κ3) is 4.13. The van der Waals surface area contributed by atoms with Crippen LogP contribution in [-0.2, 0) is 14.4 Å². The highest BCUT2D eigenvalue weighted by Crippen LogP contribution is 2.04. The number of hydrazine groups is 1. The number of amides is 1. The van der Waals surface area contributed by atoms with Gasteiger partial charge in [-0.2, -0.15) is 0 Å². The van der Waals surface area contributed by atoms with Gasteiger partial charge in [-0.3, -0.25) is 19.4 Å². The second kappa shape index (κ2) is 8.01. The van der Waals surface area contributed by atoms with E-state index in [1.807, 2.05) is 30.3 Å². The number of rotatable bonds is 7. The highest BCUT2D eigenvalue weighted by molar-refractivity contribution is 6.08. The molecule has 5 nitrogen and oxygen atoms in total. The van der Waals surface area contributed by atoms with Gasteiger partial charge in [-0.1, -0.05) is 43.3 Å². The van der Waals surface area contributed by atoms with Crippen LogP contribution in [0.15, 0.2) is 36.4 Å². The van der Waals surface area contributed by atoms with E-state index in [2.05, 4.69) is 5.43 Å². The van der Waals surface area contributed by atoms with Crippen LogP contribution in [0.5, 0.6) is 0 Å². The van der Waals surface area contributed by atoms with Gasteiger partial charge in [0.25, 0.3) is 0 Å². The number of nitrogens with zero attached hydrogens (tertiary/aromatic N) is 1. The first-order valence-corrected chi connectivity index (χ1v) is 6.28. The Balaban J connectivity index is 2.84. The van der Waals surface area contributed by atoms with Crippen LogP contribution < -0.4 is 5.43 Å². The van der Waals surface area contributed by atoms with Crippen LogP contribution in [0.25, 0.3) is 6.08 Å². The van der Waals surface area contributed by atoms with E-state index < -0.39 is 11.8 Å². The van der Waals surface area contributed by atoms with E-state index >= 15 is 0 Å². The van der Waals surface area contributed by atoms with Crippen LogP contribution in [0.1, 0.15) is 18.9 Å².